The van der Waals surface area contributed by atoms with Crippen LogP contribution in [-0.2, 0) is 17.8 Å². The summed E-state index contributed by atoms with van der Waals surface area (Å²) in [4.78, 5) is 24.5. The average Bonchev–Trinajstić information content (AvgIpc) is 3.01. The zero-order valence-electron chi connectivity index (χ0n) is 11.5. The van der Waals surface area contributed by atoms with Gasteiger partial charge in [0.05, 0.1) is 12.3 Å². The topological polar surface area (TPSA) is 81.3 Å². The van der Waals surface area contributed by atoms with Crippen molar-refractivity contribution in [2.24, 2.45) is 0 Å². The quantitative estimate of drug-likeness (QED) is 0.636. The molecule has 0 fully saturated rings. The summed E-state index contributed by atoms with van der Waals surface area (Å²) in [5.74, 6) is -0.372. The van der Waals surface area contributed by atoms with Crippen molar-refractivity contribution in [1.82, 2.24) is 9.78 Å². The highest BCUT2D eigenvalue weighted by Gasteiger charge is 2.32. The fourth-order valence-corrected chi connectivity index (χ4v) is 2.75. The molecule has 2 heterocycles. The largest absolute Gasteiger partial charge is 0.358 e. The van der Waals surface area contributed by atoms with E-state index >= 15 is 0 Å². The molecule has 0 saturated heterocycles. The van der Waals surface area contributed by atoms with Gasteiger partial charge in [0.2, 0.25) is 0 Å². The second-order valence-corrected chi connectivity index (χ2v) is 5.05. The molecule has 1 aromatic heterocycles. The van der Waals surface area contributed by atoms with Gasteiger partial charge < -0.3 is 15.0 Å². The van der Waals surface area contributed by atoms with Crippen molar-refractivity contribution in [2.75, 3.05) is 4.90 Å². The number of rotatable bonds is 3. The SMILES string of the molecule is CC1Cc2ccccc2N1C(=O)Cn1nccc1[N+](=O)[O-]. The van der Waals surface area contributed by atoms with E-state index in [4.69, 9.17) is 0 Å². The smallest absolute Gasteiger partial charge is 0.345 e. The lowest BCUT2D eigenvalue weighted by Crippen LogP contribution is -2.38. The van der Waals surface area contributed by atoms with Crippen molar-refractivity contribution in [2.45, 2.75) is 25.9 Å². The molecule has 0 saturated carbocycles. The number of hydrogen-bond donors (Lipinski definition) is 0. The molecule has 0 aliphatic carbocycles. The van der Waals surface area contributed by atoms with Crippen LogP contribution in [0, 0.1) is 10.1 Å². The Labute approximate surface area is 120 Å². The molecule has 1 aromatic carbocycles. The number of para-hydroxylation sites is 1. The molecular weight excluding hydrogens is 272 g/mol. The highest BCUT2D eigenvalue weighted by atomic mass is 16.6. The summed E-state index contributed by atoms with van der Waals surface area (Å²) in [6, 6.07) is 9.05. The summed E-state index contributed by atoms with van der Waals surface area (Å²) in [5.41, 5.74) is 2.00. The van der Waals surface area contributed by atoms with Crippen LogP contribution in [0.2, 0.25) is 0 Å². The maximum Gasteiger partial charge on any atom is 0.345 e. The van der Waals surface area contributed by atoms with Gasteiger partial charge in [-0.15, -0.1) is 4.68 Å². The molecule has 21 heavy (non-hydrogen) atoms. The first kappa shape index (κ1) is 13.3. The third-order valence-electron chi connectivity index (χ3n) is 3.64. The summed E-state index contributed by atoms with van der Waals surface area (Å²) < 4.78 is 1.12. The summed E-state index contributed by atoms with van der Waals surface area (Å²) >= 11 is 0. The van der Waals surface area contributed by atoms with Crippen LogP contribution in [0.15, 0.2) is 36.5 Å². The van der Waals surface area contributed by atoms with E-state index in [1.54, 1.807) is 4.90 Å². The number of fused-ring (bicyclic) bond motifs is 1. The van der Waals surface area contributed by atoms with E-state index in [0.29, 0.717) is 0 Å². The number of amides is 1. The van der Waals surface area contributed by atoms with Crippen LogP contribution < -0.4 is 4.90 Å². The molecule has 0 radical (unpaired) electrons. The number of nitrogens with zero attached hydrogens (tertiary/aromatic N) is 4. The van der Waals surface area contributed by atoms with Gasteiger partial charge >= 0.3 is 5.82 Å². The normalized spacial score (nSPS) is 16.8. The van der Waals surface area contributed by atoms with Crippen LogP contribution in [0.5, 0.6) is 0 Å². The van der Waals surface area contributed by atoms with Crippen molar-refractivity contribution in [1.29, 1.82) is 0 Å². The van der Waals surface area contributed by atoms with E-state index in [1.807, 2.05) is 31.2 Å². The van der Waals surface area contributed by atoms with Crippen LogP contribution in [0.25, 0.3) is 0 Å². The zero-order valence-corrected chi connectivity index (χ0v) is 11.5. The van der Waals surface area contributed by atoms with Crippen molar-refractivity contribution < 1.29 is 9.72 Å². The lowest BCUT2D eigenvalue weighted by Gasteiger charge is -2.21. The van der Waals surface area contributed by atoms with Crippen molar-refractivity contribution >= 4 is 17.4 Å². The Balaban J connectivity index is 1.86. The number of carbonyl (C=O) groups excluding carboxylic acids is 1. The number of aromatic nitrogens is 2. The van der Waals surface area contributed by atoms with Gasteiger partial charge in [0.15, 0.2) is 6.54 Å². The number of nitro groups is 1. The van der Waals surface area contributed by atoms with Crippen LogP contribution in [0.4, 0.5) is 11.5 Å². The van der Waals surface area contributed by atoms with E-state index in [0.717, 1.165) is 22.4 Å². The van der Waals surface area contributed by atoms with Gasteiger partial charge in [-0.05, 0) is 29.9 Å². The van der Waals surface area contributed by atoms with E-state index < -0.39 is 4.92 Å². The summed E-state index contributed by atoms with van der Waals surface area (Å²) in [6.07, 6.45) is 2.12. The first-order valence-electron chi connectivity index (χ1n) is 6.64. The summed E-state index contributed by atoms with van der Waals surface area (Å²) in [7, 11) is 0. The Bertz CT molecular complexity index is 710. The second kappa shape index (κ2) is 5.01. The van der Waals surface area contributed by atoms with Gasteiger partial charge in [-0.3, -0.25) is 4.79 Å². The lowest BCUT2D eigenvalue weighted by atomic mass is 10.1. The van der Waals surface area contributed by atoms with Gasteiger partial charge in [0.1, 0.15) is 0 Å². The first-order chi connectivity index (χ1) is 10.1. The van der Waals surface area contributed by atoms with E-state index in [2.05, 4.69) is 5.10 Å². The molecule has 0 spiro atoms. The molecule has 1 aliphatic rings. The fourth-order valence-electron chi connectivity index (χ4n) is 2.75. The molecule has 7 heteroatoms. The summed E-state index contributed by atoms with van der Waals surface area (Å²) in [6.45, 7) is 1.83. The average molecular weight is 286 g/mol. The second-order valence-electron chi connectivity index (χ2n) is 5.05. The third-order valence-corrected chi connectivity index (χ3v) is 3.64. The Kier molecular flexibility index (Phi) is 3.17. The Hall–Kier alpha value is -2.70. The number of benzene rings is 1. The number of carbonyl (C=O) groups is 1. The molecule has 1 amide bonds. The Morgan fingerprint density at radius 3 is 2.95 bits per heavy atom. The van der Waals surface area contributed by atoms with Gasteiger partial charge in [-0.1, -0.05) is 23.3 Å². The minimum absolute atomic E-state index is 0.0459. The third kappa shape index (κ3) is 2.26. The molecule has 3 rings (SSSR count). The minimum atomic E-state index is -0.540. The standard InChI is InChI=1S/C14H14N4O3/c1-10-8-11-4-2-3-5-12(11)17(10)14(19)9-16-13(18(20)21)6-7-15-16/h2-7,10H,8-9H2,1H3. The maximum atomic E-state index is 12.5. The van der Waals surface area contributed by atoms with E-state index in [1.165, 1.54) is 12.3 Å². The zero-order chi connectivity index (χ0) is 15.0. The Morgan fingerprint density at radius 1 is 1.43 bits per heavy atom. The van der Waals surface area contributed by atoms with Crippen LogP contribution in [0.1, 0.15) is 12.5 Å². The monoisotopic (exact) mass is 286 g/mol. The van der Waals surface area contributed by atoms with Crippen LogP contribution >= 0.6 is 0 Å². The van der Waals surface area contributed by atoms with Gasteiger partial charge in [0.25, 0.3) is 5.91 Å². The van der Waals surface area contributed by atoms with Crippen LogP contribution in [-0.4, -0.2) is 26.7 Å². The van der Waals surface area contributed by atoms with Crippen LogP contribution in [0.3, 0.4) is 0 Å². The predicted octanol–water partition coefficient (Wildman–Crippen LogP) is 1.77. The molecule has 0 bridgehead atoms. The molecule has 0 N–H and O–H groups in total. The molecular formula is C14H14N4O3. The number of hydrogen-bond acceptors (Lipinski definition) is 4. The number of anilines is 1. The molecule has 1 atom stereocenters. The first-order valence-corrected chi connectivity index (χ1v) is 6.64. The van der Waals surface area contributed by atoms with E-state index in [9.17, 15) is 14.9 Å². The molecule has 1 aliphatic heterocycles. The summed E-state index contributed by atoms with van der Waals surface area (Å²) in [5, 5.41) is 14.7. The molecule has 1 unspecified atom stereocenters. The molecule has 108 valence electrons. The van der Waals surface area contributed by atoms with Gasteiger partial charge in [-0.25, -0.2) is 0 Å². The van der Waals surface area contributed by atoms with Crippen molar-refractivity contribution in [3.8, 4) is 0 Å². The predicted molar refractivity (Wildman–Crippen MR) is 76.0 cm³/mol. The lowest BCUT2D eigenvalue weighted by molar-refractivity contribution is -0.392. The van der Waals surface area contributed by atoms with Gasteiger partial charge in [-0.2, -0.15) is 0 Å². The fraction of sp³-hybridized carbons (Fsp3) is 0.286. The maximum absolute atomic E-state index is 12.5. The van der Waals surface area contributed by atoms with Crippen molar-refractivity contribution in [3.63, 3.8) is 0 Å². The minimum Gasteiger partial charge on any atom is -0.358 e. The van der Waals surface area contributed by atoms with Gasteiger partial charge in [0, 0.05) is 11.7 Å². The molecule has 2 aromatic rings. The Morgan fingerprint density at radius 2 is 2.19 bits per heavy atom. The highest BCUT2D eigenvalue weighted by Crippen LogP contribution is 2.32. The van der Waals surface area contributed by atoms with Crippen molar-refractivity contribution in [3.05, 3.63) is 52.2 Å². The highest BCUT2D eigenvalue weighted by molar-refractivity contribution is 5.96. The molecule has 7 nitrogen and oxygen atoms in total. The van der Waals surface area contributed by atoms with E-state index in [-0.39, 0.29) is 24.3 Å².